The molecule has 3 aromatic heterocycles. The third-order valence-corrected chi connectivity index (χ3v) is 5.81. The number of hydrogen-bond donors (Lipinski definition) is 0. The number of ether oxygens (including phenoxy) is 1. The van der Waals surface area contributed by atoms with Gasteiger partial charge in [0, 0.05) is 42.5 Å². The molecule has 1 fully saturated rings. The largest absolute Gasteiger partial charge is 0.481 e. The van der Waals surface area contributed by atoms with Crippen molar-refractivity contribution in [1.29, 1.82) is 0 Å². The fraction of sp³-hybridized carbons (Fsp3) is 0.292. The van der Waals surface area contributed by atoms with Gasteiger partial charge in [-0.2, -0.15) is 5.10 Å². The van der Waals surface area contributed by atoms with Gasteiger partial charge in [-0.1, -0.05) is 18.2 Å². The Kier molecular flexibility index (Phi) is 5.34. The SMILES string of the molecule is COc1ncccc1CN1CCC[C@H](c2nc3ccc(-c4cccc(F)c4)cn3n2)C1. The normalized spacial score (nSPS) is 17.2. The summed E-state index contributed by atoms with van der Waals surface area (Å²) in [7, 11) is 1.66. The summed E-state index contributed by atoms with van der Waals surface area (Å²) < 4.78 is 20.8. The Balaban J connectivity index is 1.36. The van der Waals surface area contributed by atoms with Crippen LogP contribution in [0.25, 0.3) is 16.8 Å². The minimum atomic E-state index is -0.246. The molecule has 0 amide bonds. The van der Waals surface area contributed by atoms with Crippen molar-refractivity contribution >= 4 is 5.65 Å². The summed E-state index contributed by atoms with van der Waals surface area (Å²) in [5, 5.41) is 4.77. The second-order valence-corrected chi connectivity index (χ2v) is 7.95. The van der Waals surface area contributed by atoms with E-state index in [0.29, 0.717) is 5.88 Å². The highest BCUT2D eigenvalue weighted by molar-refractivity contribution is 5.64. The first-order valence-electron chi connectivity index (χ1n) is 10.5. The van der Waals surface area contributed by atoms with E-state index in [2.05, 4.69) is 16.0 Å². The predicted molar refractivity (Wildman–Crippen MR) is 116 cm³/mol. The molecule has 0 aliphatic carbocycles. The second-order valence-electron chi connectivity index (χ2n) is 7.95. The minimum absolute atomic E-state index is 0.246. The zero-order valence-electron chi connectivity index (χ0n) is 17.4. The van der Waals surface area contributed by atoms with Crippen molar-refractivity contribution in [2.24, 2.45) is 0 Å². The van der Waals surface area contributed by atoms with Crippen molar-refractivity contribution < 1.29 is 9.13 Å². The van der Waals surface area contributed by atoms with Crippen LogP contribution in [0.4, 0.5) is 4.39 Å². The topological polar surface area (TPSA) is 55.5 Å². The number of rotatable bonds is 5. The summed E-state index contributed by atoms with van der Waals surface area (Å²) >= 11 is 0. The van der Waals surface area contributed by atoms with Crippen LogP contribution in [0.15, 0.2) is 60.9 Å². The lowest BCUT2D eigenvalue weighted by molar-refractivity contribution is 0.194. The molecule has 158 valence electrons. The van der Waals surface area contributed by atoms with Gasteiger partial charge in [-0.05, 0) is 55.3 Å². The average Bonchev–Trinajstić information content (AvgIpc) is 3.23. The summed E-state index contributed by atoms with van der Waals surface area (Å²) in [4.78, 5) is 11.5. The maximum atomic E-state index is 13.6. The van der Waals surface area contributed by atoms with Crippen LogP contribution in [0.3, 0.4) is 0 Å². The Morgan fingerprint density at radius 3 is 2.94 bits per heavy atom. The first-order valence-corrected chi connectivity index (χ1v) is 10.5. The van der Waals surface area contributed by atoms with E-state index in [1.807, 2.05) is 30.5 Å². The lowest BCUT2D eigenvalue weighted by Crippen LogP contribution is -2.34. The number of hydrogen-bond acceptors (Lipinski definition) is 5. The van der Waals surface area contributed by atoms with Gasteiger partial charge in [-0.25, -0.2) is 18.9 Å². The van der Waals surface area contributed by atoms with Gasteiger partial charge < -0.3 is 4.74 Å². The molecule has 4 heterocycles. The molecule has 0 unspecified atom stereocenters. The highest BCUT2D eigenvalue weighted by atomic mass is 19.1. The first kappa shape index (κ1) is 19.6. The number of piperidine rings is 1. The molecule has 0 N–H and O–H groups in total. The minimum Gasteiger partial charge on any atom is -0.481 e. The number of benzene rings is 1. The Morgan fingerprint density at radius 1 is 1.13 bits per heavy atom. The highest BCUT2D eigenvalue weighted by Crippen LogP contribution is 2.28. The number of aromatic nitrogens is 4. The Hall–Kier alpha value is -3.32. The van der Waals surface area contributed by atoms with Gasteiger partial charge in [0.05, 0.1) is 7.11 Å². The lowest BCUT2D eigenvalue weighted by Gasteiger charge is -2.31. The number of nitrogens with zero attached hydrogens (tertiary/aromatic N) is 5. The van der Waals surface area contributed by atoms with Crippen LogP contribution in [0.2, 0.25) is 0 Å². The Bertz CT molecular complexity index is 1210. The Morgan fingerprint density at radius 2 is 2.06 bits per heavy atom. The molecule has 0 radical (unpaired) electrons. The van der Waals surface area contributed by atoms with Crippen molar-refractivity contribution in [3.05, 3.63) is 78.1 Å². The lowest BCUT2D eigenvalue weighted by atomic mass is 9.97. The van der Waals surface area contributed by atoms with E-state index >= 15 is 0 Å². The molecule has 1 aliphatic rings. The number of halogens is 1. The molecule has 0 saturated carbocycles. The smallest absolute Gasteiger partial charge is 0.217 e. The zero-order valence-corrected chi connectivity index (χ0v) is 17.4. The molecular formula is C24H24FN5O. The summed E-state index contributed by atoms with van der Waals surface area (Å²) in [5.41, 5.74) is 3.64. The number of fused-ring (bicyclic) bond motifs is 1. The van der Waals surface area contributed by atoms with Crippen LogP contribution < -0.4 is 4.74 Å². The van der Waals surface area contributed by atoms with E-state index in [1.54, 1.807) is 23.9 Å². The molecule has 4 aromatic rings. The molecule has 0 bridgehead atoms. The summed E-state index contributed by atoms with van der Waals surface area (Å²) in [5.74, 6) is 1.57. The molecule has 6 nitrogen and oxygen atoms in total. The van der Waals surface area contributed by atoms with Crippen molar-refractivity contribution in [2.75, 3.05) is 20.2 Å². The van der Waals surface area contributed by atoms with Gasteiger partial charge in [-0.15, -0.1) is 0 Å². The highest BCUT2D eigenvalue weighted by Gasteiger charge is 2.25. The maximum Gasteiger partial charge on any atom is 0.217 e. The third-order valence-electron chi connectivity index (χ3n) is 5.81. The van der Waals surface area contributed by atoms with E-state index in [1.165, 1.54) is 12.1 Å². The number of likely N-dealkylation sites (tertiary alicyclic amines) is 1. The Labute approximate surface area is 180 Å². The summed E-state index contributed by atoms with van der Waals surface area (Å²) in [6, 6.07) is 14.5. The molecule has 7 heteroatoms. The van der Waals surface area contributed by atoms with Crippen LogP contribution in [0.5, 0.6) is 5.88 Å². The van der Waals surface area contributed by atoms with Crippen LogP contribution in [-0.4, -0.2) is 44.7 Å². The predicted octanol–water partition coefficient (Wildman–Crippen LogP) is 4.32. The van der Waals surface area contributed by atoms with Gasteiger partial charge in [0.2, 0.25) is 5.88 Å². The monoisotopic (exact) mass is 417 g/mol. The molecule has 5 rings (SSSR count). The van der Waals surface area contributed by atoms with Crippen molar-refractivity contribution in [3.8, 4) is 17.0 Å². The fourth-order valence-corrected chi connectivity index (χ4v) is 4.29. The van der Waals surface area contributed by atoms with E-state index in [0.717, 1.165) is 60.6 Å². The summed E-state index contributed by atoms with van der Waals surface area (Å²) in [6.07, 6.45) is 5.83. The molecule has 1 saturated heterocycles. The van der Waals surface area contributed by atoms with Gasteiger partial charge in [0.15, 0.2) is 11.5 Å². The van der Waals surface area contributed by atoms with Gasteiger partial charge >= 0.3 is 0 Å². The quantitative estimate of drug-likeness (QED) is 0.484. The van der Waals surface area contributed by atoms with Gasteiger partial charge in [-0.3, -0.25) is 4.90 Å². The van der Waals surface area contributed by atoms with Crippen LogP contribution >= 0.6 is 0 Å². The molecule has 1 aliphatic heterocycles. The third kappa shape index (κ3) is 4.14. The van der Waals surface area contributed by atoms with Crippen LogP contribution in [0, 0.1) is 5.82 Å². The van der Waals surface area contributed by atoms with E-state index in [4.69, 9.17) is 14.8 Å². The second kappa shape index (κ2) is 8.43. The van der Waals surface area contributed by atoms with Gasteiger partial charge in [0.25, 0.3) is 0 Å². The van der Waals surface area contributed by atoms with Crippen LogP contribution in [-0.2, 0) is 6.54 Å². The molecule has 1 atom stereocenters. The molecule has 31 heavy (non-hydrogen) atoms. The van der Waals surface area contributed by atoms with Gasteiger partial charge in [0.1, 0.15) is 5.82 Å². The molecule has 1 aromatic carbocycles. The first-order chi connectivity index (χ1) is 15.2. The molecule has 0 spiro atoms. The number of methoxy groups -OCH3 is 1. The van der Waals surface area contributed by atoms with Crippen molar-refractivity contribution in [3.63, 3.8) is 0 Å². The van der Waals surface area contributed by atoms with E-state index < -0.39 is 0 Å². The number of pyridine rings is 2. The zero-order chi connectivity index (χ0) is 21.2. The average molecular weight is 417 g/mol. The molecular weight excluding hydrogens is 393 g/mol. The van der Waals surface area contributed by atoms with Crippen LogP contribution in [0.1, 0.15) is 30.1 Å². The standard InChI is InChI=1S/C24H24FN5O/c1-31-24-20(6-3-11-26-24)15-29-12-4-7-19(14-29)23-27-22-10-9-18(16-30(22)28-23)17-5-2-8-21(25)13-17/h2-3,5-6,8-11,13,16,19H,4,7,12,14-15H2,1H3/t19-/m0/s1. The van der Waals surface area contributed by atoms with E-state index in [9.17, 15) is 4.39 Å². The van der Waals surface area contributed by atoms with Crippen molar-refractivity contribution in [2.45, 2.75) is 25.3 Å². The van der Waals surface area contributed by atoms with E-state index in [-0.39, 0.29) is 11.7 Å². The fourth-order valence-electron chi connectivity index (χ4n) is 4.29. The van der Waals surface area contributed by atoms with Crippen molar-refractivity contribution in [1.82, 2.24) is 24.5 Å². The maximum absolute atomic E-state index is 13.6. The summed E-state index contributed by atoms with van der Waals surface area (Å²) in [6.45, 7) is 2.72.